The number of aliphatic hydroxyl groups is 11. The number of hydrogen-bond donors (Lipinski definition) is 12. The molecule has 0 saturated carbocycles. The first-order valence-electron chi connectivity index (χ1n) is 32.0. The molecule has 3 aliphatic rings. The SMILES string of the molecule is CC/C=C\C/C=C\C/C=C\C/C=C\C/C=C\C/C=C\C/C=C\CCCCCCCCCC(=O)NC(COC1OC(CO)C(OC2OC(CO)C(OC3OC(CO)C(O)C(O)C3O)C(O)C2O)C(O)C1O)C(O)/C=C/CCCCCCCCCCC. The third-order valence-electron chi connectivity index (χ3n) is 15.4. The quantitative estimate of drug-likeness (QED) is 0.0217. The number of ether oxygens (including phenoxy) is 6. The fourth-order valence-corrected chi connectivity index (χ4v) is 10.2. The highest BCUT2D eigenvalue weighted by Crippen LogP contribution is 2.33. The summed E-state index contributed by atoms with van der Waals surface area (Å²) in [4.78, 5) is 13.3. The van der Waals surface area contributed by atoms with Gasteiger partial charge in [-0.25, -0.2) is 0 Å². The zero-order chi connectivity index (χ0) is 61.9. The maximum absolute atomic E-state index is 13.3. The van der Waals surface area contributed by atoms with Gasteiger partial charge in [-0.3, -0.25) is 4.79 Å². The number of nitrogens with one attached hydrogen (secondary N) is 1. The third kappa shape index (κ3) is 30.7. The summed E-state index contributed by atoms with van der Waals surface area (Å²) >= 11 is 0. The first-order chi connectivity index (χ1) is 41.3. The van der Waals surface area contributed by atoms with Crippen LogP contribution in [0.1, 0.15) is 181 Å². The summed E-state index contributed by atoms with van der Waals surface area (Å²) < 4.78 is 34.2. The van der Waals surface area contributed by atoms with Crippen LogP contribution >= 0.6 is 0 Å². The van der Waals surface area contributed by atoms with E-state index in [1.165, 1.54) is 38.5 Å². The fraction of sp³-hybridized carbons (Fsp3) is 0.742. The summed E-state index contributed by atoms with van der Waals surface area (Å²) in [6.45, 7) is 1.56. The minimum atomic E-state index is -1.98. The van der Waals surface area contributed by atoms with Crippen LogP contribution < -0.4 is 5.32 Å². The summed E-state index contributed by atoms with van der Waals surface area (Å²) in [6.07, 6.45) is 33.9. The Kier molecular flexibility index (Phi) is 42.6. The summed E-state index contributed by atoms with van der Waals surface area (Å²) in [7, 11) is 0. The van der Waals surface area contributed by atoms with Crippen molar-refractivity contribution in [2.45, 2.75) is 285 Å². The lowest BCUT2D eigenvalue weighted by Gasteiger charge is -2.48. The van der Waals surface area contributed by atoms with Crippen molar-refractivity contribution in [1.82, 2.24) is 5.32 Å². The molecule has 17 atom stereocenters. The largest absolute Gasteiger partial charge is 0.394 e. The summed E-state index contributed by atoms with van der Waals surface area (Å²) in [5.74, 6) is -0.294. The highest BCUT2D eigenvalue weighted by Gasteiger charge is 2.53. The van der Waals surface area contributed by atoms with Crippen molar-refractivity contribution in [3.8, 4) is 0 Å². The molecule has 3 heterocycles. The van der Waals surface area contributed by atoms with Crippen LogP contribution in [-0.2, 0) is 33.2 Å². The Labute approximate surface area is 507 Å². The van der Waals surface area contributed by atoms with E-state index < -0.39 is 124 Å². The molecule has 19 heteroatoms. The van der Waals surface area contributed by atoms with Gasteiger partial charge in [0.05, 0.1) is 38.6 Å². The normalized spacial score (nSPS) is 29.6. The Bertz CT molecular complexity index is 1920. The molecule has 0 bridgehead atoms. The van der Waals surface area contributed by atoms with Crippen LogP contribution in [0.25, 0.3) is 0 Å². The molecule has 19 nitrogen and oxygen atoms in total. The van der Waals surface area contributed by atoms with Crippen molar-refractivity contribution in [3.63, 3.8) is 0 Å². The van der Waals surface area contributed by atoms with Gasteiger partial charge in [0.15, 0.2) is 18.9 Å². The Hall–Kier alpha value is -3.29. The molecule has 3 aliphatic heterocycles. The van der Waals surface area contributed by atoms with E-state index in [9.17, 15) is 61.0 Å². The smallest absolute Gasteiger partial charge is 0.220 e. The van der Waals surface area contributed by atoms with Crippen molar-refractivity contribution in [1.29, 1.82) is 0 Å². The molecule has 0 spiro atoms. The Morgan fingerprint density at radius 2 is 0.812 bits per heavy atom. The topological polar surface area (TPSA) is 307 Å². The molecule has 0 radical (unpaired) electrons. The van der Waals surface area contributed by atoms with Gasteiger partial charge in [-0.2, -0.15) is 0 Å². The number of hydrogen-bond acceptors (Lipinski definition) is 18. The van der Waals surface area contributed by atoms with Gasteiger partial charge in [0.1, 0.15) is 73.2 Å². The lowest BCUT2D eigenvalue weighted by Crippen LogP contribution is -2.66. The second-order valence-electron chi connectivity index (χ2n) is 22.5. The molecule has 17 unspecified atom stereocenters. The zero-order valence-electron chi connectivity index (χ0n) is 51.0. The average Bonchev–Trinajstić information content (AvgIpc) is 3.05. The van der Waals surface area contributed by atoms with Crippen molar-refractivity contribution in [2.24, 2.45) is 0 Å². The molecular weight excluding hydrogens is 1090 g/mol. The maximum Gasteiger partial charge on any atom is 0.220 e. The zero-order valence-corrected chi connectivity index (χ0v) is 51.0. The van der Waals surface area contributed by atoms with Gasteiger partial charge in [-0.05, 0) is 77.0 Å². The van der Waals surface area contributed by atoms with Gasteiger partial charge in [0.2, 0.25) is 5.91 Å². The first-order valence-corrected chi connectivity index (χ1v) is 32.0. The number of aliphatic hydroxyl groups excluding tert-OH is 11. The minimum Gasteiger partial charge on any atom is -0.394 e. The van der Waals surface area contributed by atoms with Crippen molar-refractivity contribution in [2.75, 3.05) is 26.4 Å². The molecule has 12 N–H and O–H groups in total. The van der Waals surface area contributed by atoms with Gasteiger partial charge in [0.25, 0.3) is 0 Å². The summed E-state index contributed by atoms with van der Waals surface area (Å²) in [6, 6.07) is -0.984. The molecule has 3 fully saturated rings. The number of amides is 1. The van der Waals surface area contributed by atoms with Crippen LogP contribution in [0, 0.1) is 0 Å². The number of carbonyl (C=O) groups excluding carboxylic acids is 1. The van der Waals surface area contributed by atoms with Crippen LogP contribution in [0.5, 0.6) is 0 Å². The number of allylic oxidation sites excluding steroid dienone is 15. The minimum absolute atomic E-state index is 0.224. The van der Waals surface area contributed by atoms with Gasteiger partial charge < -0.3 is 89.9 Å². The van der Waals surface area contributed by atoms with Gasteiger partial charge in [-0.15, -0.1) is 0 Å². The Morgan fingerprint density at radius 3 is 1.27 bits per heavy atom. The lowest BCUT2D eigenvalue weighted by atomic mass is 9.96. The van der Waals surface area contributed by atoms with Crippen LogP contribution in [-0.4, -0.2) is 193 Å². The molecule has 85 heavy (non-hydrogen) atoms. The molecule has 1 amide bonds. The highest BCUT2D eigenvalue weighted by molar-refractivity contribution is 5.76. The molecule has 0 aromatic carbocycles. The Balaban J connectivity index is 1.42. The second kappa shape index (κ2) is 47.7. The molecular formula is C66H111NO18. The fourth-order valence-electron chi connectivity index (χ4n) is 10.2. The molecule has 0 aromatic heterocycles. The molecule has 0 aliphatic carbocycles. The van der Waals surface area contributed by atoms with E-state index in [0.29, 0.717) is 6.42 Å². The van der Waals surface area contributed by atoms with Crippen molar-refractivity contribution < 1.29 is 89.4 Å². The van der Waals surface area contributed by atoms with Crippen LogP contribution in [0.4, 0.5) is 0 Å². The van der Waals surface area contributed by atoms with Gasteiger partial charge >= 0.3 is 0 Å². The van der Waals surface area contributed by atoms with Gasteiger partial charge in [-0.1, -0.05) is 195 Å². The van der Waals surface area contributed by atoms with Crippen molar-refractivity contribution >= 4 is 5.91 Å². The second-order valence-corrected chi connectivity index (χ2v) is 22.5. The molecule has 488 valence electrons. The van der Waals surface area contributed by atoms with Gasteiger partial charge in [0, 0.05) is 6.42 Å². The van der Waals surface area contributed by atoms with E-state index in [1.54, 1.807) is 6.08 Å². The predicted molar refractivity (Wildman–Crippen MR) is 327 cm³/mol. The Morgan fingerprint density at radius 1 is 0.435 bits per heavy atom. The van der Waals surface area contributed by atoms with E-state index in [2.05, 4.69) is 104 Å². The number of carbonyl (C=O) groups is 1. The van der Waals surface area contributed by atoms with Crippen molar-refractivity contribution in [3.05, 3.63) is 97.2 Å². The molecule has 0 aromatic rings. The van der Waals surface area contributed by atoms with E-state index >= 15 is 0 Å². The van der Waals surface area contributed by atoms with E-state index in [-0.39, 0.29) is 18.9 Å². The maximum atomic E-state index is 13.3. The standard InChI is InChI=1S/C66H111NO18/c1-3-5-7-9-11-13-15-16-17-18-19-20-21-22-23-24-25-26-27-28-29-30-31-32-34-36-38-40-42-44-54(72)67-49(50(71)43-41-39-37-35-33-14-12-10-8-6-4-2)48-80-64-60(78)57(75)62(52(46-69)82-64)85-66-61(79)58(76)63(53(47-70)83-66)84-65-59(77)56(74)55(73)51(45-68)81-65/h5,7,11,13,16-17,19-20,22-23,25-26,28-29,41,43,49-53,55-66,68-71,73-79H,3-4,6,8-10,12,14-15,18,21,24,27,30-40,42,44-48H2,1-2H3,(H,67,72)/b7-5-,13-11-,17-16-,20-19-,23-22-,26-25-,29-28-,43-41+. The van der Waals surface area contributed by atoms with Crippen LogP contribution in [0.2, 0.25) is 0 Å². The molecule has 3 saturated heterocycles. The first kappa shape index (κ1) is 76.0. The van der Waals surface area contributed by atoms with Crippen LogP contribution in [0.3, 0.4) is 0 Å². The van der Waals surface area contributed by atoms with E-state index in [4.69, 9.17) is 28.4 Å². The number of rotatable bonds is 46. The number of unbranched alkanes of at least 4 members (excludes halogenated alkanes) is 16. The lowest BCUT2D eigenvalue weighted by molar-refractivity contribution is -0.379. The average molecular weight is 1210 g/mol. The van der Waals surface area contributed by atoms with E-state index in [0.717, 1.165) is 116 Å². The monoisotopic (exact) mass is 1210 g/mol. The molecule has 3 rings (SSSR count). The summed E-state index contributed by atoms with van der Waals surface area (Å²) in [5, 5.41) is 120. The third-order valence-corrected chi connectivity index (χ3v) is 15.4. The van der Waals surface area contributed by atoms with E-state index in [1.807, 2.05) is 6.08 Å². The predicted octanol–water partition coefficient (Wildman–Crippen LogP) is 6.93. The summed E-state index contributed by atoms with van der Waals surface area (Å²) in [5.41, 5.74) is 0. The van der Waals surface area contributed by atoms with Crippen LogP contribution in [0.15, 0.2) is 97.2 Å². The highest BCUT2D eigenvalue weighted by atomic mass is 16.8.